The van der Waals surface area contributed by atoms with E-state index in [0.717, 1.165) is 12.8 Å². The Bertz CT molecular complexity index is 618. The van der Waals surface area contributed by atoms with Crippen molar-refractivity contribution in [2.75, 3.05) is 6.54 Å². The van der Waals surface area contributed by atoms with Crippen molar-refractivity contribution in [2.45, 2.75) is 37.2 Å². The minimum atomic E-state index is -3.72. The predicted molar refractivity (Wildman–Crippen MR) is 75.0 cm³/mol. The Morgan fingerprint density at radius 2 is 2.10 bits per heavy atom. The summed E-state index contributed by atoms with van der Waals surface area (Å²) in [5.41, 5.74) is -0.674. The van der Waals surface area contributed by atoms with Crippen molar-refractivity contribution in [2.24, 2.45) is 5.92 Å². The minimum Gasteiger partial charge on any atom is -0.389 e. The second kappa shape index (κ2) is 5.27. The lowest BCUT2D eigenvalue weighted by Crippen LogP contribution is -2.42. The molecule has 1 atom stereocenters. The van der Waals surface area contributed by atoms with Gasteiger partial charge < -0.3 is 5.11 Å². The molecule has 2 rings (SSSR count). The van der Waals surface area contributed by atoms with Crippen LogP contribution in [-0.4, -0.2) is 31.5 Å². The van der Waals surface area contributed by atoms with Gasteiger partial charge in [0.25, 0.3) is 0 Å². The molecule has 1 aliphatic carbocycles. The highest BCUT2D eigenvalue weighted by Gasteiger charge is 2.40. The van der Waals surface area contributed by atoms with Crippen molar-refractivity contribution in [3.8, 4) is 0 Å². The highest BCUT2D eigenvalue weighted by molar-refractivity contribution is 7.89. The molecule has 6 heteroatoms. The molecule has 0 aromatic heterocycles. The van der Waals surface area contributed by atoms with Crippen molar-refractivity contribution in [3.05, 3.63) is 29.8 Å². The standard InChI is InChI=1S/C14H19NO4S/c1-10(16)11-4-3-5-13(8-11)20(18,19)15-9-14(2,17)12-6-7-12/h3-5,8,12,15,17H,6-7,9H2,1-2H3. The molecule has 20 heavy (non-hydrogen) atoms. The number of aliphatic hydroxyl groups is 1. The highest BCUT2D eigenvalue weighted by atomic mass is 32.2. The summed E-state index contributed by atoms with van der Waals surface area (Å²) in [6.07, 6.45) is 1.85. The van der Waals surface area contributed by atoms with E-state index in [1.807, 2.05) is 0 Å². The molecule has 1 aliphatic rings. The summed E-state index contributed by atoms with van der Waals surface area (Å²) in [4.78, 5) is 11.3. The maximum absolute atomic E-state index is 12.2. The average Bonchev–Trinajstić information content (AvgIpc) is 3.21. The van der Waals surface area contributed by atoms with Gasteiger partial charge in [-0.1, -0.05) is 12.1 Å². The molecular formula is C14H19NO4S. The molecule has 0 spiro atoms. The highest BCUT2D eigenvalue weighted by Crippen LogP contribution is 2.39. The number of carbonyl (C=O) groups is 1. The molecule has 1 aromatic carbocycles. The average molecular weight is 297 g/mol. The Morgan fingerprint density at radius 3 is 2.65 bits per heavy atom. The van der Waals surface area contributed by atoms with Crippen LogP contribution in [0.2, 0.25) is 0 Å². The van der Waals surface area contributed by atoms with Crippen LogP contribution >= 0.6 is 0 Å². The number of sulfonamides is 1. The number of ketones is 1. The van der Waals surface area contributed by atoms with Crippen LogP contribution in [-0.2, 0) is 10.0 Å². The number of benzene rings is 1. The van der Waals surface area contributed by atoms with Crippen LogP contribution in [0.4, 0.5) is 0 Å². The molecule has 1 unspecified atom stereocenters. The summed E-state index contributed by atoms with van der Waals surface area (Å²) in [6, 6.07) is 5.88. The predicted octanol–water partition coefficient (Wildman–Crippen LogP) is 1.33. The van der Waals surface area contributed by atoms with E-state index in [1.165, 1.54) is 25.1 Å². The van der Waals surface area contributed by atoms with Gasteiger partial charge >= 0.3 is 0 Å². The van der Waals surface area contributed by atoms with Crippen LogP contribution < -0.4 is 4.72 Å². The van der Waals surface area contributed by atoms with Gasteiger partial charge in [-0.05, 0) is 44.7 Å². The second-order valence-electron chi connectivity index (χ2n) is 5.54. The SMILES string of the molecule is CC(=O)c1cccc(S(=O)(=O)NCC(C)(O)C2CC2)c1. The molecule has 0 amide bonds. The van der Waals surface area contributed by atoms with E-state index >= 15 is 0 Å². The number of rotatable bonds is 6. The van der Waals surface area contributed by atoms with Crippen LogP contribution in [0, 0.1) is 5.92 Å². The lowest BCUT2D eigenvalue weighted by molar-refractivity contribution is 0.0422. The molecule has 0 heterocycles. The van der Waals surface area contributed by atoms with Crippen molar-refractivity contribution >= 4 is 15.8 Å². The molecule has 110 valence electrons. The third kappa shape index (κ3) is 3.45. The van der Waals surface area contributed by atoms with Gasteiger partial charge in [-0.3, -0.25) is 4.79 Å². The molecule has 1 aromatic rings. The maximum atomic E-state index is 12.2. The van der Waals surface area contributed by atoms with Gasteiger partial charge in [0.05, 0.1) is 10.5 Å². The number of hydrogen-bond acceptors (Lipinski definition) is 4. The van der Waals surface area contributed by atoms with Gasteiger partial charge in [0.1, 0.15) is 0 Å². The largest absolute Gasteiger partial charge is 0.389 e. The van der Waals surface area contributed by atoms with E-state index in [4.69, 9.17) is 0 Å². The molecule has 0 bridgehead atoms. The second-order valence-corrected chi connectivity index (χ2v) is 7.31. The Kier molecular flexibility index (Phi) is 4.00. The molecule has 1 saturated carbocycles. The molecule has 5 nitrogen and oxygen atoms in total. The molecule has 0 saturated heterocycles. The minimum absolute atomic E-state index is 0.0235. The number of carbonyl (C=O) groups excluding carboxylic acids is 1. The first-order valence-corrected chi connectivity index (χ1v) is 8.04. The first-order valence-electron chi connectivity index (χ1n) is 6.55. The van der Waals surface area contributed by atoms with Crippen molar-refractivity contribution < 1.29 is 18.3 Å². The Hall–Kier alpha value is -1.24. The van der Waals surface area contributed by atoms with E-state index in [0.29, 0.717) is 5.56 Å². The number of Topliss-reactive ketones (excluding diaryl/α,β-unsaturated/α-hetero) is 1. The monoisotopic (exact) mass is 297 g/mol. The summed E-state index contributed by atoms with van der Waals surface area (Å²) in [7, 11) is -3.72. The third-order valence-electron chi connectivity index (χ3n) is 3.63. The van der Waals surface area contributed by atoms with Gasteiger partial charge in [0, 0.05) is 12.1 Å². The summed E-state index contributed by atoms with van der Waals surface area (Å²) in [6.45, 7) is 3.00. The Labute approximate surface area is 119 Å². The quantitative estimate of drug-likeness (QED) is 0.776. The smallest absolute Gasteiger partial charge is 0.240 e. The van der Waals surface area contributed by atoms with Crippen molar-refractivity contribution in [1.29, 1.82) is 0 Å². The third-order valence-corrected chi connectivity index (χ3v) is 5.03. The van der Waals surface area contributed by atoms with Gasteiger partial charge in [0.2, 0.25) is 10.0 Å². The van der Waals surface area contributed by atoms with Crippen LogP contribution in [0.5, 0.6) is 0 Å². The first kappa shape index (κ1) is 15.2. The van der Waals surface area contributed by atoms with E-state index < -0.39 is 15.6 Å². The van der Waals surface area contributed by atoms with Gasteiger partial charge in [0.15, 0.2) is 5.78 Å². The van der Waals surface area contributed by atoms with Gasteiger partial charge in [-0.25, -0.2) is 13.1 Å². The van der Waals surface area contributed by atoms with Crippen LogP contribution in [0.15, 0.2) is 29.2 Å². The van der Waals surface area contributed by atoms with Gasteiger partial charge in [-0.15, -0.1) is 0 Å². The zero-order chi connectivity index (χ0) is 15.0. The number of nitrogens with one attached hydrogen (secondary N) is 1. The summed E-state index contributed by atoms with van der Waals surface area (Å²) < 4.78 is 26.7. The molecular weight excluding hydrogens is 278 g/mol. The zero-order valence-corrected chi connectivity index (χ0v) is 12.4. The fourth-order valence-corrected chi connectivity index (χ4v) is 3.25. The van der Waals surface area contributed by atoms with Crippen LogP contribution in [0.3, 0.4) is 0 Å². The normalized spacial score (nSPS) is 18.6. The lowest BCUT2D eigenvalue weighted by Gasteiger charge is -2.23. The fraction of sp³-hybridized carbons (Fsp3) is 0.500. The zero-order valence-electron chi connectivity index (χ0n) is 11.6. The fourth-order valence-electron chi connectivity index (χ4n) is 2.06. The molecule has 0 radical (unpaired) electrons. The van der Waals surface area contributed by atoms with Crippen LogP contribution in [0.25, 0.3) is 0 Å². The summed E-state index contributed by atoms with van der Waals surface area (Å²) in [5.74, 6) is -0.0271. The van der Waals surface area contributed by atoms with E-state index in [9.17, 15) is 18.3 Å². The maximum Gasteiger partial charge on any atom is 0.240 e. The van der Waals surface area contributed by atoms with E-state index in [2.05, 4.69) is 4.72 Å². The molecule has 2 N–H and O–H groups in total. The van der Waals surface area contributed by atoms with Crippen LogP contribution in [0.1, 0.15) is 37.0 Å². The Balaban J connectivity index is 2.13. The number of hydrogen-bond donors (Lipinski definition) is 2. The summed E-state index contributed by atoms with van der Waals surface area (Å²) in [5, 5.41) is 10.1. The topological polar surface area (TPSA) is 83.5 Å². The van der Waals surface area contributed by atoms with E-state index in [-0.39, 0.29) is 23.1 Å². The first-order chi connectivity index (χ1) is 9.22. The lowest BCUT2D eigenvalue weighted by atomic mass is 10.0. The van der Waals surface area contributed by atoms with E-state index in [1.54, 1.807) is 13.0 Å². The van der Waals surface area contributed by atoms with Crippen molar-refractivity contribution in [3.63, 3.8) is 0 Å². The Morgan fingerprint density at radius 1 is 1.45 bits per heavy atom. The van der Waals surface area contributed by atoms with Crippen molar-refractivity contribution in [1.82, 2.24) is 4.72 Å². The summed E-state index contributed by atoms with van der Waals surface area (Å²) >= 11 is 0. The molecule has 1 fully saturated rings. The molecule has 0 aliphatic heterocycles. The van der Waals surface area contributed by atoms with Gasteiger partial charge in [-0.2, -0.15) is 0 Å².